The Hall–Kier alpha value is -2.82. The van der Waals surface area contributed by atoms with Crippen molar-refractivity contribution in [2.24, 2.45) is 0 Å². The predicted octanol–water partition coefficient (Wildman–Crippen LogP) is 5.17. The van der Waals surface area contributed by atoms with Crippen LogP contribution in [0.2, 0.25) is 0 Å². The van der Waals surface area contributed by atoms with Gasteiger partial charge >= 0.3 is 0 Å². The zero-order valence-electron chi connectivity index (χ0n) is 20.7. The van der Waals surface area contributed by atoms with Crippen LogP contribution in [0.1, 0.15) is 66.8 Å². The van der Waals surface area contributed by atoms with Crippen molar-refractivity contribution in [3.05, 3.63) is 64.2 Å². The van der Waals surface area contributed by atoms with Gasteiger partial charge in [-0.2, -0.15) is 0 Å². The third kappa shape index (κ3) is 6.59. The second-order valence-corrected chi connectivity index (χ2v) is 9.41. The summed E-state index contributed by atoms with van der Waals surface area (Å²) in [6.45, 7) is 10.3. The first-order chi connectivity index (χ1) is 15.8. The average molecular weight is 451 g/mol. The van der Waals surface area contributed by atoms with Gasteiger partial charge < -0.3 is 15.0 Å². The second kappa shape index (κ2) is 11.4. The van der Waals surface area contributed by atoms with Crippen LogP contribution in [-0.4, -0.2) is 35.4 Å². The van der Waals surface area contributed by atoms with Crippen molar-refractivity contribution >= 4 is 11.8 Å². The molecule has 5 nitrogen and oxygen atoms in total. The number of amides is 2. The van der Waals surface area contributed by atoms with Crippen molar-refractivity contribution in [1.82, 2.24) is 10.2 Å². The van der Waals surface area contributed by atoms with Gasteiger partial charge in [0.1, 0.15) is 11.8 Å². The van der Waals surface area contributed by atoms with E-state index in [0.717, 1.165) is 59.3 Å². The normalized spacial score (nSPS) is 14.7. The first kappa shape index (κ1) is 24.8. The van der Waals surface area contributed by atoms with Crippen LogP contribution in [0, 0.1) is 27.7 Å². The molecule has 0 aromatic heterocycles. The smallest absolute Gasteiger partial charge is 0.261 e. The van der Waals surface area contributed by atoms with Crippen molar-refractivity contribution in [2.75, 3.05) is 6.61 Å². The quantitative estimate of drug-likeness (QED) is 0.574. The molecular weight excluding hydrogens is 412 g/mol. The Labute approximate surface area is 198 Å². The first-order valence-corrected chi connectivity index (χ1v) is 12.1. The van der Waals surface area contributed by atoms with Crippen LogP contribution in [0.4, 0.5) is 0 Å². The molecule has 1 aliphatic carbocycles. The molecular formula is C28H38N2O3. The van der Waals surface area contributed by atoms with E-state index in [1.165, 1.54) is 0 Å². The minimum absolute atomic E-state index is 0.0626. The highest BCUT2D eigenvalue weighted by atomic mass is 16.5. The molecule has 2 amide bonds. The Morgan fingerprint density at radius 1 is 1.03 bits per heavy atom. The second-order valence-electron chi connectivity index (χ2n) is 9.41. The van der Waals surface area contributed by atoms with Crippen molar-refractivity contribution in [2.45, 2.75) is 85.4 Å². The SMILES string of the molecule is CC[C@@H](C(=O)NC1CCCC1)N(Cc1ccc(C)cc1)C(=O)COc1cc(C)cc(C)c1C. The number of nitrogens with zero attached hydrogens (tertiary/aromatic N) is 1. The van der Waals surface area contributed by atoms with Gasteiger partial charge in [-0.05, 0) is 75.3 Å². The van der Waals surface area contributed by atoms with E-state index in [0.29, 0.717) is 13.0 Å². The molecule has 1 fully saturated rings. The van der Waals surface area contributed by atoms with Crippen LogP contribution in [0.15, 0.2) is 36.4 Å². The molecule has 1 N–H and O–H groups in total. The van der Waals surface area contributed by atoms with Gasteiger partial charge in [0.05, 0.1) is 0 Å². The Morgan fingerprint density at radius 2 is 1.70 bits per heavy atom. The molecule has 0 heterocycles. The van der Waals surface area contributed by atoms with Crippen LogP contribution in [0.25, 0.3) is 0 Å². The molecule has 2 aromatic rings. The van der Waals surface area contributed by atoms with Crippen molar-refractivity contribution in [1.29, 1.82) is 0 Å². The van der Waals surface area contributed by atoms with Gasteiger partial charge in [0, 0.05) is 12.6 Å². The van der Waals surface area contributed by atoms with Crippen LogP contribution >= 0.6 is 0 Å². The number of nitrogens with one attached hydrogen (secondary N) is 1. The average Bonchev–Trinajstić information content (AvgIpc) is 3.29. The Kier molecular flexibility index (Phi) is 8.54. The Balaban J connectivity index is 1.79. The van der Waals surface area contributed by atoms with Crippen LogP contribution in [0.5, 0.6) is 5.75 Å². The van der Waals surface area contributed by atoms with Gasteiger partial charge in [-0.15, -0.1) is 0 Å². The molecule has 1 aliphatic rings. The molecule has 1 saturated carbocycles. The highest BCUT2D eigenvalue weighted by Gasteiger charge is 2.31. The summed E-state index contributed by atoms with van der Waals surface area (Å²) in [5, 5.41) is 3.18. The van der Waals surface area contributed by atoms with Gasteiger partial charge in [0.25, 0.3) is 5.91 Å². The molecule has 0 aliphatic heterocycles. The summed E-state index contributed by atoms with van der Waals surface area (Å²) >= 11 is 0. The number of aryl methyl sites for hydroxylation is 3. The monoisotopic (exact) mass is 450 g/mol. The van der Waals surface area contributed by atoms with Gasteiger partial charge in [-0.1, -0.05) is 55.7 Å². The summed E-state index contributed by atoms with van der Waals surface area (Å²) in [5.41, 5.74) is 5.43. The highest BCUT2D eigenvalue weighted by molar-refractivity contribution is 5.88. The van der Waals surface area contributed by atoms with E-state index in [4.69, 9.17) is 4.74 Å². The van der Waals surface area contributed by atoms with Crippen LogP contribution in [-0.2, 0) is 16.1 Å². The third-order valence-electron chi connectivity index (χ3n) is 6.68. The lowest BCUT2D eigenvalue weighted by Crippen LogP contribution is -2.52. The van der Waals surface area contributed by atoms with Crippen molar-refractivity contribution < 1.29 is 14.3 Å². The fraction of sp³-hybridized carbons (Fsp3) is 0.500. The zero-order valence-corrected chi connectivity index (χ0v) is 20.7. The van der Waals surface area contributed by atoms with Gasteiger partial charge in [0.2, 0.25) is 5.91 Å². The maximum atomic E-state index is 13.4. The molecule has 0 saturated heterocycles. The van der Waals surface area contributed by atoms with Crippen molar-refractivity contribution in [3.8, 4) is 5.75 Å². The summed E-state index contributed by atoms with van der Waals surface area (Å²) in [7, 11) is 0. The largest absolute Gasteiger partial charge is 0.483 e. The summed E-state index contributed by atoms with van der Waals surface area (Å²) in [6, 6.07) is 11.9. The Bertz CT molecular complexity index is 962. The van der Waals surface area contributed by atoms with Gasteiger partial charge in [-0.3, -0.25) is 9.59 Å². The molecule has 33 heavy (non-hydrogen) atoms. The lowest BCUT2D eigenvalue weighted by molar-refractivity contribution is -0.143. The lowest BCUT2D eigenvalue weighted by atomic mass is 10.1. The molecule has 2 aromatic carbocycles. The zero-order chi connectivity index (χ0) is 24.0. The maximum absolute atomic E-state index is 13.4. The molecule has 0 bridgehead atoms. The summed E-state index contributed by atoms with van der Waals surface area (Å²) < 4.78 is 5.98. The molecule has 0 spiro atoms. The van der Waals surface area contributed by atoms with E-state index in [2.05, 4.69) is 11.4 Å². The molecule has 0 unspecified atom stereocenters. The molecule has 3 rings (SSSR count). The lowest BCUT2D eigenvalue weighted by Gasteiger charge is -2.31. The summed E-state index contributed by atoms with van der Waals surface area (Å²) in [5.74, 6) is 0.481. The topological polar surface area (TPSA) is 58.6 Å². The number of carbonyl (C=O) groups excluding carboxylic acids is 2. The van der Waals surface area contributed by atoms with Gasteiger partial charge in [0.15, 0.2) is 6.61 Å². The minimum atomic E-state index is -0.525. The fourth-order valence-corrected chi connectivity index (χ4v) is 4.55. The molecule has 5 heteroatoms. The number of ether oxygens (including phenoxy) is 1. The molecule has 1 atom stereocenters. The van der Waals surface area contributed by atoms with E-state index in [1.54, 1.807) is 4.90 Å². The number of benzene rings is 2. The molecule has 0 radical (unpaired) electrons. The standard InChI is InChI=1S/C28H38N2O3/c1-6-25(28(32)29-24-9-7-8-10-24)30(17-23-13-11-19(2)12-14-23)27(31)18-33-26-16-20(3)15-21(4)22(26)5/h11-16,24-25H,6-10,17-18H2,1-5H3,(H,29,32)/t25-/m0/s1. The third-order valence-corrected chi connectivity index (χ3v) is 6.68. The first-order valence-electron chi connectivity index (χ1n) is 12.1. The maximum Gasteiger partial charge on any atom is 0.261 e. The van der Waals surface area contributed by atoms with Gasteiger partial charge in [-0.25, -0.2) is 0 Å². The summed E-state index contributed by atoms with van der Waals surface area (Å²) in [6.07, 6.45) is 4.89. The Morgan fingerprint density at radius 3 is 2.33 bits per heavy atom. The number of hydrogen-bond acceptors (Lipinski definition) is 3. The minimum Gasteiger partial charge on any atom is -0.483 e. The van der Waals surface area contributed by atoms with E-state index in [9.17, 15) is 9.59 Å². The summed E-state index contributed by atoms with van der Waals surface area (Å²) in [4.78, 5) is 28.3. The predicted molar refractivity (Wildman–Crippen MR) is 132 cm³/mol. The van der Waals surface area contributed by atoms with Crippen LogP contribution < -0.4 is 10.1 Å². The fourth-order valence-electron chi connectivity index (χ4n) is 4.55. The number of carbonyl (C=O) groups is 2. The van der Waals surface area contributed by atoms with E-state index in [1.807, 2.05) is 65.0 Å². The van der Waals surface area contributed by atoms with E-state index >= 15 is 0 Å². The molecule has 178 valence electrons. The number of hydrogen-bond donors (Lipinski definition) is 1. The van der Waals surface area contributed by atoms with E-state index in [-0.39, 0.29) is 24.5 Å². The van der Waals surface area contributed by atoms with E-state index < -0.39 is 6.04 Å². The van der Waals surface area contributed by atoms with Crippen LogP contribution in [0.3, 0.4) is 0 Å². The van der Waals surface area contributed by atoms with Crippen molar-refractivity contribution in [3.63, 3.8) is 0 Å². The number of rotatable bonds is 9. The highest BCUT2D eigenvalue weighted by Crippen LogP contribution is 2.24.